The molecule has 8 unspecified atom stereocenters. The van der Waals surface area contributed by atoms with Gasteiger partial charge in [0.05, 0.1) is 42.6 Å². The lowest BCUT2D eigenvalue weighted by molar-refractivity contribution is -0.280. The highest BCUT2D eigenvalue weighted by Gasteiger charge is 2.67. The average molecular weight is 521 g/mol. The van der Waals surface area contributed by atoms with Gasteiger partial charge in [0.2, 0.25) is 0 Å². The molecule has 5 heterocycles. The van der Waals surface area contributed by atoms with Crippen molar-refractivity contribution in [1.29, 1.82) is 0 Å². The van der Waals surface area contributed by atoms with Crippen LogP contribution < -0.4 is 11.1 Å². The van der Waals surface area contributed by atoms with Gasteiger partial charge in [-0.05, 0) is 78.2 Å². The Morgan fingerprint density at radius 2 is 1.92 bits per heavy atom. The van der Waals surface area contributed by atoms with E-state index in [1.807, 2.05) is 20.8 Å². The van der Waals surface area contributed by atoms with Gasteiger partial charge in [0, 0.05) is 24.7 Å². The van der Waals surface area contributed by atoms with Crippen molar-refractivity contribution in [3.05, 3.63) is 0 Å². The summed E-state index contributed by atoms with van der Waals surface area (Å²) in [5.41, 5.74) is 4.50. The van der Waals surface area contributed by atoms with E-state index in [1.165, 1.54) is 0 Å². The Morgan fingerprint density at radius 1 is 1.11 bits per heavy atom. The van der Waals surface area contributed by atoms with Crippen molar-refractivity contribution in [2.75, 3.05) is 6.54 Å². The van der Waals surface area contributed by atoms with Crippen molar-refractivity contribution in [3.63, 3.8) is 0 Å². The van der Waals surface area contributed by atoms with Crippen LogP contribution in [0.5, 0.6) is 0 Å². The molecule has 0 bridgehead atoms. The molecule has 37 heavy (non-hydrogen) atoms. The third kappa shape index (κ3) is 4.57. The van der Waals surface area contributed by atoms with Crippen LogP contribution in [-0.2, 0) is 28.5 Å². The maximum absolute atomic E-state index is 13.6. The number of Topliss-reactive ketones (excluding diaryl/α,β-unsaturated/α-hetero) is 1. The molecule has 0 radical (unpaired) electrons. The van der Waals surface area contributed by atoms with E-state index in [4.69, 9.17) is 24.7 Å². The van der Waals surface area contributed by atoms with E-state index in [-0.39, 0.29) is 54.2 Å². The standard InChI is InChI=1S/C28H44N2O7/c1-14-11-17(31)23-18(34-14)13-19-22(24(23)32)16-5-4-9-28(26(33)35-25(16)27(2,3)36-19)20(37-28)7-6-15-8-10-30-21(29)12-15/h14-16,18-25,30,32H,4-13,29H2,1-3H3/t14?,15?,16-,18?,19?,20+,21?,22?,23?,24?,25+,28+/m0/s1. The molecule has 6 fully saturated rings. The van der Waals surface area contributed by atoms with Gasteiger partial charge >= 0.3 is 5.97 Å². The fourth-order valence-electron chi connectivity index (χ4n) is 8.43. The molecule has 4 N–H and O–H groups in total. The van der Waals surface area contributed by atoms with E-state index in [2.05, 4.69) is 5.32 Å². The number of nitrogens with two attached hydrogens (primary N) is 1. The summed E-state index contributed by atoms with van der Waals surface area (Å²) in [6, 6.07) is 0. The Hall–Kier alpha value is -1.10. The van der Waals surface area contributed by atoms with E-state index in [0.717, 1.165) is 45.1 Å². The molecule has 5 aliphatic heterocycles. The molecule has 6 rings (SSSR count). The number of carbonyl (C=O) groups excluding carboxylic acids is 2. The number of aliphatic hydroxyl groups excluding tert-OH is 1. The fraction of sp³-hybridized carbons (Fsp3) is 0.929. The molecule has 0 amide bonds. The molecule has 9 nitrogen and oxygen atoms in total. The molecule has 1 saturated carbocycles. The zero-order chi connectivity index (χ0) is 26.1. The number of rotatable bonds is 3. The van der Waals surface area contributed by atoms with Crippen LogP contribution in [0.4, 0.5) is 0 Å². The van der Waals surface area contributed by atoms with Crippen LogP contribution in [0.3, 0.4) is 0 Å². The number of ketones is 1. The van der Waals surface area contributed by atoms with Crippen LogP contribution in [0.25, 0.3) is 0 Å². The zero-order valence-corrected chi connectivity index (χ0v) is 22.4. The SMILES string of the molecule is CC1CC(=O)C2C(CC3OC(C)(C)[C@@H]4OC(=O)[C@]5(CCC[C@H]4C3C2O)O[C@@H]5CCC2CCNC(N)C2)O1. The number of epoxide rings is 1. The van der Waals surface area contributed by atoms with Crippen LogP contribution in [0.15, 0.2) is 0 Å². The molecule has 1 aliphatic carbocycles. The van der Waals surface area contributed by atoms with Crippen molar-refractivity contribution >= 4 is 11.8 Å². The predicted molar refractivity (Wildman–Crippen MR) is 133 cm³/mol. The number of esters is 1. The molecule has 5 saturated heterocycles. The second-order valence-electron chi connectivity index (χ2n) is 13.2. The van der Waals surface area contributed by atoms with Crippen LogP contribution in [-0.4, -0.2) is 77.4 Å². The van der Waals surface area contributed by atoms with Gasteiger partial charge in [-0.3, -0.25) is 4.79 Å². The second kappa shape index (κ2) is 9.52. The molecule has 9 heteroatoms. The van der Waals surface area contributed by atoms with Crippen LogP contribution in [0.1, 0.15) is 78.6 Å². The van der Waals surface area contributed by atoms with E-state index >= 15 is 0 Å². The van der Waals surface area contributed by atoms with Crippen molar-refractivity contribution < 1.29 is 33.6 Å². The van der Waals surface area contributed by atoms with Crippen LogP contribution in [0.2, 0.25) is 0 Å². The summed E-state index contributed by atoms with van der Waals surface area (Å²) >= 11 is 0. The molecule has 208 valence electrons. The summed E-state index contributed by atoms with van der Waals surface area (Å²) in [6.45, 7) is 6.80. The monoisotopic (exact) mass is 520 g/mol. The summed E-state index contributed by atoms with van der Waals surface area (Å²) < 4.78 is 25.0. The number of fused-ring (bicyclic) bond motifs is 4. The Labute approximate surface area is 219 Å². The molecule has 0 aromatic carbocycles. The first-order valence-electron chi connectivity index (χ1n) is 14.5. The first kappa shape index (κ1) is 26.1. The Bertz CT molecular complexity index is 913. The number of piperidine rings is 1. The first-order chi connectivity index (χ1) is 17.6. The van der Waals surface area contributed by atoms with Crippen molar-refractivity contribution in [3.8, 4) is 0 Å². The van der Waals surface area contributed by atoms with E-state index < -0.39 is 29.3 Å². The second-order valence-corrected chi connectivity index (χ2v) is 13.2. The maximum atomic E-state index is 13.6. The molecule has 1 spiro atoms. The highest BCUT2D eigenvalue weighted by molar-refractivity contribution is 5.84. The third-order valence-corrected chi connectivity index (χ3v) is 10.2. The summed E-state index contributed by atoms with van der Waals surface area (Å²) in [5.74, 6) is -0.538. The highest BCUT2D eigenvalue weighted by atomic mass is 16.7. The lowest BCUT2D eigenvalue weighted by Crippen LogP contribution is -2.67. The van der Waals surface area contributed by atoms with Crippen LogP contribution >= 0.6 is 0 Å². The first-order valence-corrected chi connectivity index (χ1v) is 14.5. The van der Waals surface area contributed by atoms with E-state index in [9.17, 15) is 14.7 Å². The van der Waals surface area contributed by atoms with Crippen LogP contribution in [0, 0.1) is 23.7 Å². The van der Waals surface area contributed by atoms with Crippen molar-refractivity contribution in [1.82, 2.24) is 5.32 Å². The fourth-order valence-corrected chi connectivity index (χ4v) is 8.43. The molecule has 0 aromatic rings. The smallest absolute Gasteiger partial charge is 0.341 e. The Balaban J connectivity index is 1.16. The van der Waals surface area contributed by atoms with E-state index in [1.54, 1.807) is 0 Å². The Kier molecular flexibility index (Phi) is 6.73. The van der Waals surface area contributed by atoms with Gasteiger partial charge in [-0.1, -0.05) is 0 Å². The number of nitrogens with one attached hydrogen (secondary N) is 1. The van der Waals surface area contributed by atoms with Crippen molar-refractivity contribution in [2.45, 2.75) is 133 Å². The minimum absolute atomic E-state index is 0.0535. The summed E-state index contributed by atoms with van der Waals surface area (Å²) in [5, 5.41) is 14.8. The lowest BCUT2D eigenvalue weighted by Gasteiger charge is -2.57. The largest absolute Gasteiger partial charge is 0.457 e. The summed E-state index contributed by atoms with van der Waals surface area (Å²) in [7, 11) is 0. The molecule has 0 aromatic heterocycles. The molecular weight excluding hydrogens is 476 g/mol. The number of aliphatic hydroxyl groups is 1. The van der Waals surface area contributed by atoms with Gasteiger partial charge < -0.3 is 35.1 Å². The van der Waals surface area contributed by atoms with Gasteiger partial charge in [-0.25, -0.2) is 4.79 Å². The summed E-state index contributed by atoms with van der Waals surface area (Å²) in [6.07, 6.45) is 4.93. The Morgan fingerprint density at radius 3 is 2.70 bits per heavy atom. The average Bonchev–Trinajstić information content (AvgIpc) is 3.52. The van der Waals surface area contributed by atoms with E-state index in [0.29, 0.717) is 25.2 Å². The molecule has 12 atom stereocenters. The zero-order valence-electron chi connectivity index (χ0n) is 22.4. The van der Waals surface area contributed by atoms with Gasteiger partial charge in [0.25, 0.3) is 0 Å². The van der Waals surface area contributed by atoms with Crippen molar-refractivity contribution in [2.24, 2.45) is 29.4 Å². The number of hydrogen-bond acceptors (Lipinski definition) is 9. The number of ether oxygens (including phenoxy) is 4. The normalized spacial score (nSPS) is 51.2. The third-order valence-electron chi connectivity index (χ3n) is 10.2. The highest BCUT2D eigenvalue weighted by Crippen LogP contribution is 2.54. The predicted octanol–water partition coefficient (Wildman–Crippen LogP) is 1.82. The summed E-state index contributed by atoms with van der Waals surface area (Å²) in [4.78, 5) is 26.5. The quantitative estimate of drug-likeness (QED) is 0.376. The molecular formula is C28H44N2O7. The van der Waals surface area contributed by atoms with Gasteiger partial charge in [0.1, 0.15) is 17.5 Å². The van der Waals surface area contributed by atoms with Gasteiger partial charge in [0.15, 0.2) is 5.60 Å². The number of carbonyl (C=O) groups is 2. The minimum atomic E-state index is -0.860. The minimum Gasteiger partial charge on any atom is -0.457 e. The van der Waals surface area contributed by atoms with Gasteiger partial charge in [-0.2, -0.15) is 0 Å². The molecule has 6 aliphatic rings. The topological polar surface area (TPSA) is 133 Å². The lowest BCUT2D eigenvalue weighted by atomic mass is 9.61. The van der Waals surface area contributed by atoms with Gasteiger partial charge in [-0.15, -0.1) is 0 Å². The maximum Gasteiger partial charge on any atom is 0.341 e. The number of hydrogen-bond donors (Lipinski definition) is 3.